The van der Waals surface area contributed by atoms with Gasteiger partial charge in [-0.1, -0.05) is 29.3 Å². The third kappa shape index (κ3) is 4.67. The summed E-state index contributed by atoms with van der Waals surface area (Å²) in [6.45, 7) is 2.80. The van der Waals surface area contributed by atoms with E-state index in [1.54, 1.807) is 25.4 Å². The van der Waals surface area contributed by atoms with E-state index < -0.39 is 0 Å². The van der Waals surface area contributed by atoms with Gasteiger partial charge in [0.15, 0.2) is 0 Å². The zero-order valence-electron chi connectivity index (χ0n) is 14.6. The molecular formula is C19H22Cl2N4O. The van der Waals surface area contributed by atoms with Crippen LogP contribution >= 0.6 is 23.2 Å². The average molecular weight is 393 g/mol. The van der Waals surface area contributed by atoms with Crippen LogP contribution in [0.5, 0.6) is 0 Å². The Bertz CT molecular complexity index is 776. The van der Waals surface area contributed by atoms with E-state index in [9.17, 15) is 4.79 Å². The van der Waals surface area contributed by atoms with E-state index in [0.717, 1.165) is 38.0 Å². The van der Waals surface area contributed by atoms with Crippen molar-refractivity contribution in [2.24, 2.45) is 0 Å². The second-order valence-corrected chi connectivity index (χ2v) is 7.24. The van der Waals surface area contributed by atoms with Crippen LogP contribution in [0.15, 0.2) is 36.5 Å². The van der Waals surface area contributed by atoms with E-state index in [4.69, 9.17) is 23.2 Å². The quantitative estimate of drug-likeness (QED) is 0.811. The third-order valence-electron chi connectivity index (χ3n) is 4.60. The Labute approximate surface area is 163 Å². The number of hydrogen-bond acceptors (Lipinski definition) is 4. The molecule has 1 fully saturated rings. The zero-order valence-corrected chi connectivity index (χ0v) is 16.1. The Balaban J connectivity index is 1.56. The molecule has 0 radical (unpaired) electrons. The standard InChI is InChI=1S/C19H22Cl2N4O/c1-22-19(26)15-3-2-8-23-18(15)24-14-6-9-25(10-7-14)12-13-4-5-16(20)17(21)11-13/h2-5,8,11,14H,6-7,9-10,12H2,1H3,(H,22,26)(H,23,24). The first kappa shape index (κ1) is 19.0. The molecule has 26 heavy (non-hydrogen) atoms. The molecular weight excluding hydrogens is 371 g/mol. The molecule has 2 heterocycles. The number of likely N-dealkylation sites (tertiary alicyclic amines) is 1. The minimum absolute atomic E-state index is 0.127. The van der Waals surface area contributed by atoms with E-state index in [0.29, 0.717) is 27.5 Å². The number of aromatic nitrogens is 1. The summed E-state index contributed by atoms with van der Waals surface area (Å²) < 4.78 is 0. The van der Waals surface area contributed by atoms with Crippen LogP contribution in [0.4, 0.5) is 5.82 Å². The first-order valence-corrected chi connectivity index (χ1v) is 9.42. The predicted molar refractivity (Wildman–Crippen MR) is 106 cm³/mol. The molecule has 5 nitrogen and oxygen atoms in total. The molecule has 0 saturated carbocycles. The third-order valence-corrected chi connectivity index (χ3v) is 5.34. The molecule has 0 unspecified atom stereocenters. The number of pyridine rings is 1. The van der Waals surface area contributed by atoms with Gasteiger partial charge >= 0.3 is 0 Å². The van der Waals surface area contributed by atoms with Gasteiger partial charge in [0.2, 0.25) is 0 Å². The number of anilines is 1. The molecule has 1 saturated heterocycles. The molecule has 0 spiro atoms. The van der Waals surface area contributed by atoms with Gasteiger partial charge in [-0.2, -0.15) is 0 Å². The molecule has 2 aromatic rings. The summed E-state index contributed by atoms with van der Waals surface area (Å²) in [4.78, 5) is 18.7. The summed E-state index contributed by atoms with van der Waals surface area (Å²) in [7, 11) is 1.63. The Morgan fingerprint density at radius 1 is 1.23 bits per heavy atom. The van der Waals surface area contributed by atoms with Crippen molar-refractivity contribution in [3.63, 3.8) is 0 Å². The molecule has 0 aliphatic carbocycles. The van der Waals surface area contributed by atoms with Crippen molar-refractivity contribution in [1.29, 1.82) is 0 Å². The van der Waals surface area contributed by atoms with Gasteiger partial charge in [0, 0.05) is 38.9 Å². The lowest BCUT2D eigenvalue weighted by Gasteiger charge is -2.33. The number of rotatable bonds is 5. The van der Waals surface area contributed by atoms with Crippen LogP contribution < -0.4 is 10.6 Å². The Kier molecular flexibility index (Phi) is 6.35. The number of halogens is 2. The number of carbonyl (C=O) groups excluding carboxylic acids is 1. The number of hydrogen-bond donors (Lipinski definition) is 2. The smallest absolute Gasteiger partial charge is 0.254 e. The highest BCUT2D eigenvalue weighted by Gasteiger charge is 2.21. The molecule has 2 N–H and O–H groups in total. The minimum Gasteiger partial charge on any atom is -0.367 e. The summed E-state index contributed by atoms with van der Waals surface area (Å²) in [5.74, 6) is 0.521. The normalized spacial score (nSPS) is 15.7. The van der Waals surface area contributed by atoms with Gasteiger partial charge in [-0.3, -0.25) is 9.69 Å². The topological polar surface area (TPSA) is 57.3 Å². The first-order chi connectivity index (χ1) is 12.6. The molecule has 0 atom stereocenters. The minimum atomic E-state index is -0.127. The van der Waals surface area contributed by atoms with Crippen LogP contribution in [0, 0.1) is 0 Å². The van der Waals surface area contributed by atoms with Gasteiger partial charge in [0.1, 0.15) is 5.82 Å². The number of piperidine rings is 1. The zero-order chi connectivity index (χ0) is 18.5. The molecule has 138 valence electrons. The Hall–Kier alpha value is -1.82. The number of benzene rings is 1. The van der Waals surface area contributed by atoms with E-state index in [1.165, 1.54) is 0 Å². The highest BCUT2D eigenvalue weighted by Crippen LogP contribution is 2.24. The maximum Gasteiger partial charge on any atom is 0.254 e. The Morgan fingerprint density at radius 2 is 2.00 bits per heavy atom. The number of carbonyl (C=O) groups is 1. The van der Waals surface area contributed by atoms with Gasteiger partial charge in [0.25, 0.3) is 5.91 Å². The van der Waals surface area contributed by atoms with Crippen LogP contribution in [0.2, 0.25) is 10.0 Å². The second kappa shape index (κ2) is 8.71. The van der Waals surface area contributed by atoms with E-state index in [1.807, 2.05) is 18.2 Å². The summed E-state index contributed by atoms with van der Waals surface area (Å²) in [5.41, 5.74) is 1.74. The summed E-state index contributed by atoms with van der Waals surface area (Å²) in [6, 6.07) is 9.65. The van der Waals surface area contributed by atoms with Crippen molar-refractivity contribution < 1.29 is 4.79 Å². The van der Waals surface area contributed by atoms with Crippen molar-refractivity contribution in [3.8, 4) is 0 Å². The molecule has 0 bridgehead atoms. The van der Waals surface area contributed by atoms with Gasteiger partial charge in [-0.25, -0.2) is 4.98 Å². The van der Waals surface area contributed by atoms with Crippen molar-refractivity contribution >= 4 is 34.9 Å². The molecule has 7 heteroatoms. The average Bonchev–Trinajstić information content (AvgIpc) is 2.66. The molecule has 1 amide bonds. The van der Waals surface area contributed by atoms with Crippen LogP contribution in [-0.4, -0.2) is 42.0 Å². The van der Waals surface area contributed by atoms with Gasteiger partial charge < -0.3 is 10.6 Å². The monoisotopic (exact) mass is 392 g/mol. The fraction of sp³-hybridized carbons (Fsp3) is 0.368. The van der Waals surface area contributed by atoms with Crippen molar-refractivity contribution in [2.45, 2.75) is 25.4 Å². The summed E-state index contributed by atoms with van der Waals surface area (Å²) in [6.07, 6.45) is 3.68. The largest absolute Gasteiger partial charge is 0.367 e. The van der Waals surface area contributed by atoms with Crippen LogP contribution in [0.25, 0.3) is 0 Å². The summed E-state index contributed by atoms with van der Waals surface area (Å²) in [5, 5.41) is 7.26. The van der Waals surface area contributed by atoms with E-state index in [2.05, 4.69) is 20.5 Å². The van der Waals surface area contributed by atoms with Crippen LogP contribution in [-0.2, 0) is 6.54 Å². The van der Waals surface area contributed by atoms with Crippen molar-refractivity contribution in [2.75, 3.05) is 25.5 Å². The van der Waals surface area contributed by atoms with E-state index in [-0.39, 0.29) is 5.91 Å². The lowest BCUT2D eigenvalue weighted by atomic mass is 10.0. The maximum atomic E-state index is 12.0. The second-order valence-electron chi connectivity index (χ2n) is 6.42. The van der Waals surface area contributed by atoms with Crippen molar-refractivity contribution in [1.82, 2.24) is 15.2 Å². The number of nitrogens with one attached hydrogen (secondary N) is 2. The molecule has 1 aromatic carbocycles. The highest BCUT2D eigenvalue weighted by molar-refractivity contribution is 6.42. The van der Waals surface area contributed by atoms with Crippen LogP contribution in [0.3, 0.4) is 0 Å². The molecule has 1 aromatic heterocycles. The Morgan fingerprint density at radius 3 is 2.69 bits per heavy atom. The number of nitrogens with zero attached hydrogens (tertiary/aromatic N) is 2. The number of amides is 1. The van der Waals surface area contributed by atoms with Crippen molar-refractivity contribution in [3.05, 3.63) is 57.7 Å². The predicted octanol–water partition coefficient (Wildman–Crippen LogP) is 3.82. The first-order valence-electron chi connectivity index (χ1n) is 8.66. The maximum absolute atomic E-state index is 12.0. The van der Waals surface area contributed by atoms with Crippen LogP contribution in [0.1, 0.15) is 28.8 Å². The lowest BCUT2D eigenvalue weighted by Crippen LogP contribution is -2.39. The highest BCUT2D eigenvalue weighted by atomic mass is 35.5. The molecule has 1 aliphatic rings. The molecule has 3 rings (SSSR count). The lowest BCUT2D eigenvalue weighted by molar-refractivity contribution is 0.0963. The van der Waals surface area contributed by atoms with Gasteiger partial charge in [-0.15, -0.1) is 0 Å². The van der Waals surface area contributed by atoms with Gasteiger partial charge in [-0.05, 0) is 42.7 Å². The summed E-state index contributed by atoms with van der Waals surface area (Å²) >= 11 is 12.1. The molecule has 1 aliphatic heterocycles. The van der Waals surface area contributed by atoms with E-state index >= 15 is 0 Å². The SMILES string of the molecule is CNC(=O)c1cccnc1NC1CCN(Cc2ccc(Cl)c(Cl)c2)CC1. The fourth-order valence-electron chi connectivity index (χ4n) is 3.16. The van der Waals surface area contributed by atoms with Gasteiger partial charge in [0.05, 0.1) is 15.6 Å². The fourth-order valence-corrected chi connectivity index (χ4v) is 3.48.